The van der Waals surface area contributed by atoms with Crippen molar-refractivity contribution >= 4 is 52.4 Å². The number of nitrogens with one attached hydrogen (secondary N) is 3. The molecule has 0 aliphatic carbocycles. The normalized spacial score (nSPS) is 10.3. The Morgan fingerprint density at radius 1 is 1.16 bits per heavy atom. The second kappa shape index (κ2) is 10.0. The van der Waals surface area contributed by atoms with Crippen LogP contribution < -0.4 is 16.0 Å². The van der Waals surface area contributed by atoms with E-state index in [9.17, 15) is 4.79 Å². The van der Waals surface area contributed by atoms with Crippen LogP contribution in [0.2, 0.25) is 10.0 Å². The molecule has 0 bridgehead atoms. The summed E-state index contributed by atoms with van der Waals surface area (Å²) in [7, 11) is 0. The van der Waals surface area contributed by atoms with Gasteiger partial charge in [0.2, 0.25) is 5.95 Å². The van der Waals surface area contributed by atoms with Gasteiger partial charge in [-0.2, -0.15) is 10.2 Å². The van der Waals surface area contributed by atoms with Crippen LogP contribution in [0, 0.1) is 18.3 Å². The zero-order valence-electron chi connectivity index (χ0n) is 16.3. The molecule has 1 aromatic carbocycles. The number of pyridine rings is 1. The summed E-state index contributed by atoms with van der Waals surface area (Å²) < 4.78 is 0. The molecule has 0 radical (unpaired) electrons. The summed E-state index contributed by atoms with van der Waals surface area (Å²) in [6, 6.07) is 9.63. The van der Waals surface area contributed by atoms with Crippen molar-refractivity contribution in [3.63, 3.8) is 0 Å². The number of anilines is 4. The lowest BCUT2D eigenvalue weighted by atomic mass is 10.1. The Morgan fingerprint density at radius 3 is 2.58 bits per heavy atom. The summed E-state index contributed by atoms with van der Waals surface area (Å²) in [5, 5.41) is 26.7. The molecule has 1 amide bonds. The van der Waals surface area contributed by atoms with E-state index in [4.69, 9.17) is 33.6 Å². The van der Waals surface area contributed by atoms with E-state index in [0.29, 0.717) is 35.5 Å². The lowest BCUT2D eigenvalue weighted by Crippen LogP contribution is -2.14. The minimum absolute atomic E-state index is 0.0450. The first kappa shape index (κ1) is 22.2. The fraction of sp³-hybridized carbons (Fsp3) is 0.150. The zero-order valence-corrected chi connectivity index (χ0v) is 17.8. The van der Waals surface area contributed by atoms with E-state index < -0.39 is 5.91 Å². The molecule has 0 aliphatic rings. The molecule has 9 nitrogen and oxygen atoms in total. The second-order valence-corrected chi connectivity index (χ2v) is 7.12. The van der Waals surface area contributed by atoms with Gasteiger partial charge in [-0.3, -0.25) is 4.79 Å². The van der Waals surface area contributed by atoms with Gasteiger partial charge in [0.1, 0.15) is 11.6 Å². The van der Waals surface area contributed by atoms with Crippen LogP contribution in [-0.4, -0.2) is 39.1 Å². The first-order valence-corrected chi connectivity index (χ1v) is 9.79. The predicted molar refractivity (Wildman–Crippen MR) is 119 cm³/mol. The minimum Gasteiger partial charge on any atom is -0.395 e. The fourth-order valence-corrected chi connectivity index (χ4v) is 3.29. The van der Waals surface area contributed by atoms with Gasteiger partial charge in [0.05, 0.1) is 33.8 Å². The average molecular weight is 458 g/mol. The number of carbonyl (C=O) groups excluding carboxylic acids is 1. The molecule has 4 N–H and O–H groups in total. The number of benzene rings is 1. The topological polar surface area (TPSA) is 136 Å². The van der Waals surface area contributed by atoms with Crippen molar-refractivity contribution in [3.8, 4) is 6.07 Å². The molecule has 3 aromatic rings. The Bertz CT molecular complexity index is 1140. The molecule has 0 saturated carbocycles. The second-order valence-electron chi connectivity index (χ2n) is 6.30. The first-order chi connectivity index (χ1) is 14.9. The SMILES string of the molecule is Cc1cc(Nc2cc(NC(=O)c3c(Cl)cc(C#N)cc3Cl)ccn2)nc(NCCO)n1. The Balaban J connectivity index is 1.78. The number of hydrogen-bond donors (Lipinski definition) is 4. The van der Waals surface area contributed by atoms with Crippen LogP contribution in [0.4, 0.5) is 23.3 Å². The number of hydrogen-bond acceptors (Lipinski definition) is 8. The van der Waals surface area contributed by atoms with E-state index in [-0.39, 0.29) is 27.8 Å². The third kappa shape index (κ3) is 5.79. The number of carbonyl (C=O) groups is 1. The molecule has 3 rings (SSSR count). The molecular formula is C20H17Cl2N7O2. The summed E-state index contributed by atoms with van der Waals surface area (Å²) >= 11 is 12.2. The molecule has 0 aliphatic heterocycles. The van der Waals surface area contributed by atoms with E-state index in [1.54, 1.807) is 18.2 Å². The summed E-state index contributed by atoms with van der Waals surface area (Å²) in [4.78, 5) is 25.4. The van der Waals surface area contributed by atoms with E-state index >= 15 is 0 Å². The molecular weight excluding hydrogens is 441 g/mol. The number of aliphatic hydroxyl groups excluding tert-OH is 1. The van der Waals surface area contributed by atoms with Crippen LogP contribution in [0.3, 0.4) is 0 Å². The predicted octanol–water partition coefficient (Wildman–Crippen LogP) is 3.76. The summed E-state index contributed by atoms with van der Waals surface area (Å²) in [5.74, 6) is 0.763. The third-order valence-corrected chi connectivity index (χ3v) is 4.52. The molecule has 11 heteroatoms. The maximum atomic E-state index is 12.7. The van der Waals surface area contributed by atoms with Crippen molar-refractivity contribution in [3.05, 3.63) is 63.4 Å². The van der Waals surface area contributed by atoms with Gasteiger partial charge < -0.3 is 21.1 Å². The van der Waals surface area contributed by atoms with Crippen molar-refractivity contribution in [1.82, 2.24) is 15.0 Å². The zero-order chi connectivity index (χ0) is 22.4. The standard InChI is InChI=1S/C20H17Cl2N7O2/c1-11-6-17(29-20(26-11)25-4-5-30)28-16-9-13(2-3-24-16)27-19(31)18-14(21)7-12(10-23)8-15(18)22/h2-3,6-9,30H,4-5H2,1H3,(H3,24,25,26,27,28,29,31). The smallest absolute Gasteiger partial charge is 0.258 e. The monoisotopic (exact) mass is 457 g/mol. The molecule has 31 heavy (non-hydrogen) atoms. The van der Waals surface area contributed by atoms with Crippen molar-refractivity contribution in [1.29, 1.82) is 5.26 Å². The van der Waals surface area contributed by atoms with Crippen LogP contribution in [0.25, 0.3) is 0 Å². The highest BCUT2D eigenvalue weighted by molar-refractivity contribution is 6.40. The molecule has 0 spiro atoms. The average Bonchev–Trinajstić information content (AvgIpc) is 2.71. The van der Waals surface area contributed by atoms with Crippen LogP contribution in [0.15, 0.2) is 36.5 Å². The molecule has 0 atom stereocenters. The summed E-state index contributed by atoms with van der Waals surface area (Å²) in [5.41, 5.74) is 1.49. The molecule has 2 heterocycles. The summed E-state index contributed by atoms with van der Waals surface area (Å²) in [6.07, 6.45) is 1.51. The van der Waals surface area contributed by atoms with Gasteiger partial charge in [0, 0.05) is 36.3 Å². The molecule has 158 valence electrons. The quantitative estimate of drug-likeness (QED) is 0.420. The number of amides is 1. The van der Waals surface area contributed by atoms with Gasteiger partial charge in [-0.05, 0) is 25.1 Å². The van der Waals surface area contributed by atoms with Crippen molar-refractivity contribution in [2.75, 3.05) is 29.1 Å². The molecule has 0 unspecified atom stereocenters. The van der Waals surface area contributed by atoms with Gasteiger partial charge in [0.15, 0.2) is 0 Å². The van der Waals surface area contributed by atoms with Crippen molar-refractivity contribution in [2.24, 2.45) is 0 Å². The van der Waals surface area contributed by atoms with Crippen molar-refractivity contribution in [2.45, 2.75) is 6.92 Å². The van der Waals surface area contributed by atoms with Crippen LogP contribution in [0.1, 0.15) is 21.6 Å². The van der Waals surface area contributed by atoms with Gasteiger partial charge in [-0.1, -0.05) is 23.2 Å². The number of rotatable bonds is 7. The maximum Gasteiger partial charge on any atom is 0.258 e. The number of halogens is 2. The number of aromatic nitrogens is 3. The lowest BCUT2D eigenvalue weighted by molar-refractivity contribution is 0.102. The van der Waals surface area contributed by atoms with E-state index in [2.05, 4.69) is 30.9 Å². The number of nitrogens with zero attached hydrogens (tertiary/aromatic N) is 4. The highest BCUT2D eigenvalue weighted by Gasteiger charge is 2.17. The molecule has 0 saturated heterocycles. The highest BCUT2D eigenvalue weighted by atomic mass is 35.5. The fourth-order valence-electron chi connectivity index (χ4n) is 2.64. The van der Waals surface area contributed by atoms with Crippen molar-refractivity contribution < 1.29 is 9.90 Å². The van der Waals surface area contributed by atoms with Crippen LogP contribution in [0.5, 0.6) is 0 Å². The van der Waals surface area contributed by atoms with Crippen LogP contribution in [-0.2, 0) is 0 Å². The molecule has 2 aromatic heterocycles. The number of aliphatic hydroxyl groups is 1. The van der Waals surface area contributed by atoms with Gasteiger partial charge in [0.25, 0.3) is 5.91 Å². The minimum atomic E-state index is -0.523. The Hall–Kier alpha value is -3.45. The Morgan fingerprint density at radius 2 is 1.90 bits per heavy atom. The Labute approximate surface area is 188 Å². The lowest BCUT2D eigenvalue weighted by Gasteiger charge is -2.11. The Kier molecular flexibility index (Phi) is 7.20. The number of nitriles is 1. The van der Waals surface area contributed by atoms with E-state index in [1.165, 1.54) is 18.3 Å². The van der Waals surface area contributed by atoms with E-state index in [1.807, 2.05) is 13.0 Å². The van der Waals surface area contributed by atoms with E-state index in [0.717, 1.165) is 0 Å². The highest BCUT2D eigenvalue weighted by Crippen LogP contribution is 2.28. The first-order valence-electron chi connectivity index (χ1n) is 9.03. The largest absolute Gasteiger partial charge is 0.395 e. The van der Waals surface area contributed by atoms with Gasteiger partial charge in [-0.15, -0.1) is 0 Å². The van der Waals surface area contributed by atoms with Gasteiger partial charge >= 0.3 is 0 Å². The van der Waals surface area contributed by atoms with Crippen LogP contribution >= 0.6 is 23.2 Å². The number of aryl methyl sites for hydroxylation is 1. The molecule has 0 fully saturated rings. The van der Waals surface area contributed by atoms with Gasteiger partial charge in [-0.25, -0.2) is 9.97 Å². The summed E-state index contributed by atoms with van der Waals surface area (Å²) in [6.45, 7) is 2.09. The third-order valence-electron chi connectivity index (χ3n) is 3.92. The maximum absolute atomic E-state index is 12.7.